The molecule has 0 saturated heterocycles. The number of hydrogen-bond donors (Lipinski definition) is 0. The van der Waals surface area contributed by atoms with E-state index in [4.69, 9.17) is 28.0 Å². The molecule has 3 aromatic carbocycles. The van der Waals surface area contributed by atoms with Crippen molar-refractivity contribution in [2.75, 3.05) is 19.5 Å². The van der Waals surface area contributed by atoms with Gasteiger partial charge in [-0.2, -0.15) is 0 Å². The molecule has 0 saturated carbocycles. The highest BCUT2D eigenvalue weighted by molar-refractivity contribution is 14.2. The number of hydrogen-bond acceptors (Lipinski definition) is 8. The smallest absolute Gasteiger partial charge is 0.337 e. The van der Waals surface area contributed by atoms with Crippen LogP contribution in [-0.4, -0.2) is 31.5 Å². The first-order valence-corrected chi connectivity index (χ1v) is 19.0. The van der Waals surface area contributed by atoms with Crippen molar-refractivity contribution in [3.05, 3.63) is 125 Å². The lowest BCUT2D eigenvalue weighted by atomic mass is 10.2. The fraction of sp³-hybridized carbons (Fsp3) is 0.265. The first-order valence-electron chi connectivity index (χ1n) is 14.3. The molecule has 46 heavy (non-hydrogen) atoms. The van der Waals surface area contributed by atoms with Crippen molar-refractivity contribution in [2.45, 2.75) is 39.6 Å². The van der Waals surface area contributed by atoms with Gasteiger partial charge in [0.25, 0.3) is 0 Å². The summed E-state index contributed by atoms with van der Waals surface area (Å²) in [7, 11) is 1.31. The molecule has 7 nitrogen and oxygen atoms in total. The van der Waals surface area contributed by atoms with Gasteiger partial charge in [-0.3, -0.25) is 0 Å². The number of carbonyl (C=O) groups excluding carboxylic acids is 1. The highest BCUT2D eigenvalue weighted by Crippen LogP contribution is 2.40. The highest BCUT2D eigenvalue weighted by atomic mass is 127. The van der Waals surface area contributed by atoms with Gasteiger partial charge in [0.2, 0.25) is 8.38 Å². The molecule has 0 fully saturated rings. The van der Waals surface area contributed by atoms with Gasteiger partial charge in [0.1, 0.15) is 29.7 Å². The van der Waals surface area contributed by atoms with Gasteiger partial charge in [0.05, 0.1) is 32.0 Å². The molecule has 0 aliphatic heterocycles. The number of halogens is 3. The normalized spacial score (nSPS) is 13.7. The molecule has 0 radical (unpaired) electrons. The van der Waals surface area contributed by atoms with E-state index >= 15 is 0 Å². The van der Waals surface area contributed by atoms with E-state index < -0.39 is 20.2 Å². The maximum atomic E-state index is 14.3. The van der Waals surface area contributed by atoms with E-state index in [2.05, 4.69) is 21.2 Å². The van der Waals surface area contributed by atoms with Gasteiger partial charge in [0.15, 0.2) is 11.6 Å². The number of benzene rings is 3. The van der Waals surface area contributed by atoms with Gasteiger partial charge in [0, 0.05) is 23.6 Å². The molecule has 3 aromatic rings. The molecule has 0 N–H and O–H groups in total. The van der Waals surface area contributed by atoms with E-state index in [1.54, 1.807) is 69.6 Å². The lowest BCUT2D eigenvalue weighted by Crippen LogP contribution is -2.09. The Morgan fingerprint density at radius 1 is 0.978 bits per heavy atom. The van der Waals surface area contributed by atoms with Crippen molar-refractivity contribution in [1.29, 1.82) is 0 Å². The van der Waals surface area contributed by atoms with E-state index in [-0.39, 0.29) is 30.9 Å². The Labute approximate surface area is 285 Å². The molecule has 0 spiro atoms. The van der Waals surface area contributed by atoms with Crippen molar-refractivity contribution in [3.63, 3.8) is 0 Å². The third-order valence-corrected chi connectivity index (χ3v) is 9.32. The first-order chi connectivity index (χ1) is 22.2. The Hall–Kier alpha value is -2.96. The molecule has 1 unspecified atom stereocenters. The molecule has 12 heteroatoms. The van der Waals surface area contributed by atoms with Gasteiger partial charge in [-0.1, -0.05) is 33.2 Å². The molecule has 0 aromatic heterocycles. The van der Waals surface area contributed by atoms with Gasteiger partial charge >= 0.3 is 5.97 Å². The van der Waals surface area contributed by atoms with Crippen LogP contribution >= 0.6 is 38.5 Å². The number of esters is 1. The Morgan fingerprint density at radius 3 is 2.37 bits per heavy atom. The summed E-state index contributed by atoms with van der Waals surface area (Å²) in [5, 5.41) is 0.722. The van der Waals surface area contributed by atoms with E-state index in [1.807, 2.05) is 13.8 Å². The molecule has 0 bridgehead atoms. The fourth-order valence-electron chi connectivity index (χ4n) is 4.17. The minimum Gasteiger partial charge on any atom is -0.495 e. The average Bonchev–Trinajstić information content (AvgIpc) is 3.23. The zero-order valence-corrected chi connectivity index (χ0v) is 29.4. The average molecular weight is 783 g/mol. The predicted octanol–water partition coefficient (Wildman–Crippen LogP) is 8.87. The number of rotatable bonds is 16. The van der Waals surface area contributed by atoms with Gasteiger partial charge in [-0.05, 0) is 101 Å². The lowest BCUT2D eigenvalue weighted by molar-refractivity contribution is -0.138. The van der Waals surface area contributed by atoms with Gasteiger partial charge in [-0.15, -0.1) is 0 Å². The number of allylic oxidation sites excluding steroid dienone is 2. The van der Waals surface area contributed by atoms with Crippen LogP contribution in [0.15, 0.2) is 102 Å². The van der Waals surface area contributed by atoms with Crippen molar-refractivity contribution in [2.24, 2.45) is 0 Å². The summed E-state index contributed by atoms with van der Waals surface area (Å²) in [6, 6.07) is 17.9. The van der Waals surface area contributed by atoms with Crippen LogP contribution in [0.2, 0.25) is 0 Å². The second-order valence-corrected chi connectivity index (χ2v) is 14.2. The van der Waals surface area contributed by atoms with E-state index in [1.165, 1.54) is 31.4 Å². The third kappa shape index (κ3) is 11.4. The molecule has 0 heterocycles. The zero-order valence-electron chi connectivity index (χ0n) is 25.5. The van der Waals surface area contributed by atoms with E-state index in [9.17, 15) is 13.6 Å². The summed E-state index contributed by atoms with van der Waals surface area (Å²) in [6.07, 6.45) is 5.51. The Balaban J connectivity index is 1.52. The monoisotopic (exact) mass is 782 g/mol. The zero-order chi connectivity index (χ0) is 32.9. The van der Waals surface area contributed by atoms with Crippen LogP contribution in [0.3, 0.4) is 0 Å². The van der Waals surface area contributed by atoms with Crippen LogP contribution in [0, 0.1) is 11.6 Å². The molecular formula is C34H34F2IO7PS. The maximum absolute atomic E-state index is 14.3. The molecule has 244 valence electrons. The quantitative estimate of drug-likeness (QED) is 0.0618. The second kappa shape index (κ2) is 18.4. The van der Waals surface area contributed by atoms with Crippen molar-refractivity contribution in [3.8, 4) is 11.5 Å². The highest BCUT2D eigenvalue weighted by Gasteiger charge is 2.19. The maximum Gasteiger partial charge on any atom is 0.337 e. The summed E-state index contributed by atoms with van der Waals surface area (Å²) in [5.74, 6) is 1.10. The van der Waals surface area contributed by atoms with Gasteiger partial charge in [-0.25, -0.2) is 13.6 Å². The summed E-state index contributed by atoms with van der Waals surface area (Å²) >= 11 is 2.16. The SMILES string of the molecule is COc1ccc(COP(OCc2cccc(F)c2)c2ccc(OC3=CC(C(=O)OCCSI)=CCC(OC(C)C)=C3)cc2)cc1F. The summed E-state index contributed by atoms with van der Waals surface area (Å²) < 4.78 is 62.8. The predicted molar refractivity (Wildman–Crippen MR) is 185 cm³/mol. The third-order valence-electron chi connectivity index (χ3n) is 6.23. The minimum absolute atomic E-state index is 0.0598. The topological polar surface area (TPSA) is 72.5 Å². The second-order valence-electron chi connectivity index (χ2n) is 10.1. The number of carbonyl (C=O) groups is 1. The van der Waals surface area contributed by atoms with Crippen molar-refractivity contribution < 1.29 is 41.6 Å². The van der Waals surface area contributed by atoms with Crippen LogP contribution in [0.4, 0.5) is 8.78 Å². The van der Waals surface area contributed by atoms with Crippen molar-refractivity contribution in [1.82, 2.24) is 0 Å². The lowest BCUT2D eigenvalue weighted by Gasteiger charge is -2.19. The van der Waals surface area contributed by atoms with Crippen LogP contribution < -0.4 is 14.8 Å². The Morgan fingerprint density at radius 2 is 1.72 bits per heavy atom. The molecular weight excluding hydrogens is 748 g/mol. The Kier molecular flexibility index (Phi) is 14.4. The minimum atomic E-state index is -1.66. The largest absolute Gasteiger partial charge is 0.495 e. The summed E-state index contributed by atoms with van der Waals surface area (Å²) in [6.45, 7) is 4.34. The fourth-order valence-corrected chi connectivity index (χ4v) is 6.15. The van der Waals surface area contributed by atoms with Crippen molar-refractivity contribution >= 4 is 49.8 Å². The molecule has 1 atom stereocenters. The van der Waals surface area contributed by atoms with E-state index in [0.717, 1.165) is 5.30 Å². The standard InChI is InChI=1S/C34H34F2IO7PS/c1-23(2)43-29-9-8-26(34(38)40-15-16-46-37)19-30(20-29)44-28-10-12-31(13-11-28)45(41-21-24-5-4-6-27(35)17-24)42-22-25-7-14-33(39-3)32(36)18-25/h4-8,10-14,17-20,23H,9,15-16,21-22H2,1-3H3. The molecule has 0 amide bonds. The van der Waals surface area contributed by atoms with Crippen LogP contribution in [0.25, 0.3) is 0 Å². The van der Waals surface area contributed by atoms with Crippen LogP contribution in [0.1, 0.15) is 31.4 Å². The summed E-state index contributed by atoms with van der Waals surface area (Å²) in [5.41, 5.74) is 1.62. The van der Waals surface area contributed by atoms with E-state index in [0.29, 0.717) is 52.7 Å². The number of methoxy groups -OCH3 is 1. The summed E-state index contributed by atoms with van der Waals surface area (Å²) in [4.78, 5) is 12.7. The molecule has 1 aliphatic rings. The van der Waals surface area contributed by atoms with Crippen LogP contribution in [0.5, 0.6) is 11.5 Å². The van der Waals surface area contributed by atoms with Crippen LogP contribution in [-0.2, 0) is 36.5 Å². The number of ether oxygens (including phenoxy) is 4. The molecule has 1 aliphatic carbocycles. The Bertz CT molecular complexity index is 1560. The molecule has 4 rings (SSSR count). The van der Waals surface area contributed by atoms with Gasteiger partial charge < -0.3 is 28.0 Å². The first kappa shape index (κ1) is 35.9.